The van der Waals surface area contributed by atoms with Crippen molar-refractivity contribution in [2.24, 2.45) is 0 Å². The SMILES string of the molecule is O=C1CCC(N2C(=O)c3cccc(NCCC4CCCCN4)c3C2=O)C(=O)N1. The lowest BCUT2D eigenvalue weighted by atomic mass is 10.0. The van der Waals surface area contributed by atoms with E-state index in [1.54, 1.807) is 18.2 Å². The lowest BCUT2D eigenvalue weighted by molar-refractivity contribution is -0.136. The molecular formula is C20H24N4O4. The molecular weight excluding hydrogens is 360 g/mol. The maximum atomic E-state index is 13.0. The minimum atomic E-state index is -0.940. The molecule has 8 heteroatoms. The lowest BCUT2D eigenvalue weighted by Crippen LogP contribution is -2.54. The molecule has 2 saturated heterocycles. The van der Waals surface area contributed by atoms with Gasteiger partial charge in [-0.25, -0.2) is 0 Å². The first kappa shape index (κ1) is 18.6. The van der Waals surface area contributed by atoms with Crippen molar-refractivity contribution in [3.05, 3.63) is 29.3 Å². The van der Waals surface area contributed by atoms with Gasteiger partial charge in [0.25, 0.3) is 11.8 Å². The predicted molar refractivity (Wildman–Crippen MR) is 102 cm³/mol. The van der Waals surface area contributed by atoms with Crippen LogP contribution in [-0.2, 0) is 9.59 Å². The van der Waals surface area contributed by atoms with Crippen molar-refractivity contribution in [3.8, 4) is 0 Å². The summed E-state index contributed by atoms with van der Waals surface area (Å²) in [6.45, 7) is 1.73. The van der Waals surface area contributed by atoms with Crippen LogP contribution in [0.3, 0.4) is 0 Å². The minimum absolute atomic E-state index is 0.114. The van der Waals surface area contributed by atoms with Gasteiger partial charge in [0.1, 0.15) is 6.04 Å². The van der Waals surface area contributed by atoms with Crippen LogP contribution in [0.2, 0.25) is 0 Å². The number of carbonyl (C=O) groups excluding carboxylic acids is 4. The van der Waals surface area contributed by atoms with Gasteiger partial charge in [-0.3, -0.25) is 29.4 Å². The highest BCUT2D eigenvalue weighted by atomic mass is 16.2. The molecule has 28 heavy (non-hydrogen) atoms. The summed E-state index contributed by atoms with van der Waals surface area (Å²) >= 11 is 0. The molecule has 8 nitrogen and oxygen atoms in total. The molecule has 0 bridgehead atoms. The van der Waals surface area contributed by atoms with E-state index in [9.17, 15) is 19.2 Å². The Morgan fingerprint density at radius 1 is 1.07 bits per heavy atom. The van der Waals surface area contributed by atoms with E-state index in [4.69, 9.17) is 0 Å². The number of nitrogens with one attached hydrogen (secondary N) is 3. The van der Waals surface area contributed by atoms with Gasteiger partial charge in [-0.15, -0.1) is 0 Å². The molecule has 2 unspecified atom stereocenters. The van der Waals surface area contributed by atoms with Gasteiger partial charge in [-0.2, -0.15) is 0 Å². The summed E-state index contributed by atoms with van der Waals surface area (Å²) in [4.78, 5) is 50.4. The van der Waals surface area contributed by atoms with Gasteiger partial charge in [0.2, 0.25) is 11.8 Å². The number of piperidine rings is 2. The highest BCUT2D eigenvalue weighted by Crippen LogP contribution is 2.32. The largest absolute Gasteiger partial charge is 0.384 e. The van der Waals surface area contributed by atoms with E-state index in [1.165, 1.54) is 12.8 Å². The van der Waals surface area contributed by atoms with Crippen LogP contribution in [0.4, 0.5) is 5.69 Å². The van der Waals surface area contributed by atoms with Crippen molar-refractivity contribution in [1.29, 1.82) is 0 Å². The fourth-order valence-electron chi connectivity index (χ4n) is 4.21. The van der Waals surface area contributed by atoms with Crippen LogP contribution >= 0.6 is 0 Å². The third-order valence-corrected chi connectivity index (χ3v) is 5.69. The summed E-state index contributed by atoms with van der Waals surface area (Å²) in [5, 5.41) is 8.99. The number of rotatable bonds is 5. The topological polar surface area (TPSA) is 108 Å². The maximum absolute atomic E-state index is 13.0. The molecule has 148 valence electrons. The molecule has 3 heterocycles. The average molecular weight is 384 g/mol. The van der Waals surface area contributed by atoms with E-state index in [-0.39, 0.29) is 18.7 Å². The van der Waals surface area contributed by atoms with Gasteiger partial charge >= 0.3 is 0 Å². The number of hydrogen-bond donors (Lipinski definition) is 3. The Morgan fingerprint density at radius 3 is 2.68 bits per heavy atom. The predicted octanol–water partition coefficient (Wildman–Crippen LogP) is 1.03. The van der Waals surface area contributed by atoms with E-state index >= 15 is 0 Å². The number of imide groups is 2. The second-order valence-electron chi connectivity index (χ2n) is 7.54. The van der Waals surface area contributed by atoms with Crippen LogP contribution in [0.5, 0.6) is 0 Å². The number of hydrogen-bond acceptors (Lipinski definition) is 6. The molecule has 0 spiro atoms. The third kappa shape index (κ3) is 3.40. The summed E-state index contributed by atoms with van der Waals surface area (Å²) in [5.74, 6) is -1.93. The van der Waals surface area contributed by atoms with Crippen molar-refractivity contribution in [2.75, 3.05) is 18.4 Å². The number of amides is 4. The summed E-state index contributed by atoms with van der Waals surface area (Å²) in [5.41, 5.74) is 1.23. The van der Waals surface area contributed by atoms with E-state index in [2.05, 4.69) is 16.0 Å². The van der Waals surface area contributed by atoms with Gasteiger partial charge < -0.3 is 10.6 Å². The van der Waals surface area contributed by atoms with Gasteiger partial charge in [0.05, 0.1) is 11.1 Å². The number of nitrogens with zero attached hydrogens (tertiary/aromatic N) is 1. The third-order valence-electron chi connectivity index (χ3n) is 5.69. The molecule has 3 aliphatic heterocycles. The maximum Gasteiger partial charge on any atom is 0.264 e. The minimum Gasteiger partial charge on any atom is -0.384 e. The zero-order chi connectivity index (χ0) is 19.7. The van der Waals surface area contributed by atoms with Crippen molar-refractivity contribution in [2.45, 2.75) is 50.6 Å². The normalized spacial score (nSPS) is 24.9. The smallest absolute Gasteiger partial charge is 0.264 e. The monoisotopic (exact) mass is 384 g/mol. The molecule has 1 aromatic carbocycles. The first-order valence-electron chi connectivity index (χ1n) is 9.88. The fourth-order valence-corrected chi connectivity index (χ4v) is 4.21. The van der Waals surface area contributed by atoms with Crippen LogP contribution in [0, 0.1) is 0 Å². The van der Waals surface area contributed by atoms with Crippen molar-refractivity contribution in [1.82, 2.24) is 15.5 Å². The second kappa shape index (κ2) is 7.71. The lowest BCUT2D eigenvalue weighted by Gasteiger charge is -2.27. The van der Waals surface area contributed by atoms with Crippen LogP contribution in [-0.4, -0.2) is 53.7 Å². The van der Waals surface area contributed by atoms with Gasteiger partial charge in [0.15, 0.2) is 0 Å². The van der Waals surface area contributed by atoms with Gasteiger partial charge in [0, 0.05) is 24.7 Å². The molecule has 2 atom stereocenters. The standard InChI is InChI=1S/C20H24N4O4/c25-16-8-7-15(18(26)23-16)24-19(27)13-5-3-6-14(17(13)20(24)28)22-11-9-12-4-1-2-10-21-12/h3,5-6,12,15,21-22H,1-2,4,7-11H2,(H,23,25,26). The Labute approximate surface area is 163 Å². The Balaban J connectivity index is 1.49. The summed E-state index contributed by atoms with van der Waals surface area (Å²) in [6.07, 6.45) is 4.79. The molecule has 1 aromatic rings. The Bertz CT molecular complexity index is 831. The average Bonchev–Trinajstić information content (AvgIpc) is 2.94. The van der Waals surface area contributed by atoms with Crippen LogP contribution in [0.1, 0.15) is 59.2 Å². The van der Waals surface area contributed by atoms with Crippen molar-refractivity contribution < 1.29 is 19.2 Å². The molecule has 0 radical (unpaired) electrons. The molecule has 3 aliphatic rings. The molecule has 3 N–H and O–H groups in total. The molecule has 0 saturated carbocycles. The van der Waals surface area contributed by atoms with E-state index in [0.717, 1.165) is 24.3 Å². The van der Waals surface area contributed by atoms with E-state index < -0.39 is 23.8 Å². The van der Waals surface area contributed by atoms with E-state index in [1.807, 2.05) is 0 Å². The molecule has 4 amide bonds. The van der Waals surface area contributed by atoms with Crippen molar-refractivity contribution in [3.63, 3.8) is 0 Å². The van der Waals surface area contributed by atoms with Crippen LogP contribution in [0.15, 0.2) is 18.2 Å². The first-order valence-corrected chi connectivity index (χ1v) is 9.88. The van der Waals surface area contributed by atoms with Crippen LogP contribution < -0.4 is 16.0 Å². The van der Waals surface area contributed by atoms with E-state index in [0.29, 0.717) is 29.4 Å². The van der Waals surface area contributed by atoms with Crippen LogP contribution in [0.25, 0.3) is 0 Å². The molecule has 2 fully saturated rings. The number of benzene rings is 1. The summed E-state index contributed by atoms with van der Waals surface area (Å²) < 4.78 is 0. The number of anilines is 1. The number of fused-ring (bicyclic) bond motifs is 1. The molecule has 0 aliphatic carbocycles. The second-order valence-corrected chi connectivity index (χ2v) is 7.54. The molecule has 0 aromatic heterocycles. The Hall–Kier alpha value is -2.74. The quantitative estimate of drug-likeness (QED) is 0.655. The first-order chi connectivity index (χ1) is 13.6. The van der Waals surface area contributed by atoms with Gasteiger partial charge in [-0.05, 0) is 44.4 Å². The highest BCUT2D eigenvalue weighted by Gasteiger charge is 2.45. The zero-order valence-corrected chi connectivity index (χ0v) is 15.6. The zero-order valence-electron chi connectivity index (χ0n) is 15.6. The molecule has 4 rings (SSSR count). The fraction of sp³-hybridized carbons (Fsp3) is 0.500. The Morgan fingerprint density at radius 2 is 1.93 bits per heavy atom. The summed E-state index contributed by atoms with van der Waals surface area (Å²) in [6, 6.07) is 4.65. The highest BCUT2D eigenvalue weighted by molar-refractivity contribution is 6.25. The van der Waals surface area contributed by atoms with Crippen molar-refractivity contribution >= 4 is 29.3 Å². The number of carbonyl (C=O) groups is 4. The summed E-state index contributed by atoms with van der Waals surface area (Å²) in [7, 11) is 0. The Kier molecular flexibility index (Phi) is 5.13. The van der Waals surface area contributed by atoms with Gasteiger partial charge in [-0.1, -0.05) is 12.5 Å².